The normalized spacial score (nSPS) is 14.6. The van der Waals surface area contributed by atoms with E-state index in [0.717, 1.165) is 30.2 Å². The van der Waals surface area contributed by atoms with Crippen molar-refractivity contribution in [1.82, 2.24) is 4.98 Å². The first kappa shape index (κ1) is 15.5. The molecule has 0 bridgehead atoms. The van der Waals surface area contributed by atoms with E-state index in [9.17, 15) is 4.79 Å². The number of anilines is 2. The highest BCUT2D eigenvalue weighted by Gasteiger charge is 2.14. The molecule has 1 N–H and O–H groups in total. The average Bonchev–Trinajstić information content (AvgIpc) is 2.59. The van der Waals surface area contributed by atoms with Crippen LogP contribution in [-0.4, -0.2) is 24.0 Å². The van der Waals surface area contributed by atoms with Crippen LogP contribution in [0, 0.1) is 13.8 Å². The molecule has 0 saturated carbocycles. The number of carbonyl (C=O) groups is 1. The Morgan fingerprint density at radius 3 is 2.57 bits per heavy atom. The Bertz CT molecular complexity index is 706. The van der Waals surface area contributed by atoms with Gasteiger partial charge in [0.1, 0.15) is 11.5 Å². The minimum Gasteiger partial charge on any atom is -0.357 e. The van der Waals surface area contributed by atoms with E-state index < -0.39 is 0 Å². The number of rotatable bonds is 3. The smallest absolute Gasteiger partial charge is 0.274 e. The molecule has 0 aliphatic carbocycles. The Kier molecular flexibility index (Phi) is 4.60. The molecular weight excluding hydrogens is 286 g/mol. The number of aryl methyl sites for hydroxylation is 2. The van der Waals surface area contributed by atoms with E-state index in [-0.39, 0.29) is 5.91 Å². The van der Waals surface area contributed by atoms with Gasteiger partial charge >= 0.3 is 0 Å². The number of hydrogen-bond acceptors (Lipinski definition) is 3. The molecule has 0 unspecified atom stereocenters. The standard InChI is InChI=1S/C19H23N3O/c1-14-9-10-16(13-15(14)2)20-19(23)17-7-6-8-18(21-17)22-11-4-3-5-12-22/h6-10,13H,3-5,11-12H2,1-2H3,(H,20,23). The number of piperidine rings is 1. The molecule has 1 aromatic heterocycles. The van der Waals surface area contributed by atoms with Gasteiger partial charge in [-0.1, -0.05) is 12.1 Å². The quantitative estimate of drug-likeness (QED) is 0.934. The fraction of sp³-hybridized carbons (Fsp3) is 0.368. The maximum absolute atomic E-state index is 12.5. The van der Waals surface area contributed by atoms with E-state index >= 15 is 0 Å². The molecule has 23 heavy (non-hydrogen) atoms. The van der Waals surface area contributed by atoms with Crippen LogP contribution in [0.3, 0.4) is 0 Å². The Morgan fingerprint density at radius 1 is 1.04 bits per heavy atom. The van der Waals surface area contributed by atoms with Gasteiger partial charge in [-0.2, -0.15) is 0 Å². The minimum absolute atomic E-state index is 0.160. The minimum atomic E-state index is -0.160. The number of aromatic nitrogens is 1. The van der Waals surface area contributed by atoms with Crippen molar-refractivity contribution in [3.8, 4) is 0 Å². The number of nitrogens with one attached hydrogen (secondary N) is 1. The molecular formula is C19H23N3O. The zero-order valence-electron chi connectivity index (χ0n) is 13.8. The fourth-order valence-corrected chi connectivity index (χ4v) is 2.86. The van der Waals surface area contributed by atoms with Gasteiger partial charge in [0.15, 0.2) is 0 Å². The molecule has 120 valence electrons. The third kappa shape index (κ3) is 3.70. The monoisotopic (exact) mass is 309 g/mol. The van der Waals surface area contributed by atoms with Crippen molar-refractivity contribution in [2.45, 2.75) is 33.1 Å². The van der Waals surface area contributed by atoms with Gasteiger partial charge in [0.05, 0.1) is 0 Å². The molecule has 3 rings (SSSR count). The van der Waals surface area contributed by atoms with Crippen molar-refractivity contribution >= 4 is 17.4 Å². The SMILES string of the molecule is Cc1ccc(NC(=O)c2cccc(N3CCCCC3)n2)cc1C. The number of nitrogens with zero attached hydrogens (tertiary/aromatic N) is 2. The highest BCUT2D eigenvalue weighted by molar-refractivity contribution is 6.03. The summed E-state index contributed by atoms with van der Waals surface area (Å²) in [5, 5.41) is 2.94. The van der Waals surface area contributed by atoms with Gasteiger partial charge in [0.2, 0.25) is 0 Å². The van der Waals surface area contributed by atoms with Gasteiger partial charge in [-0.05, 0) is 68.5 Å². The molecule has 0 radical (unpaired) electrons. The van der Waals surface area contributed by atoms with Crippen LogP contribution in [-0.2, 0) is 0 Å². The van der Waals surface area contributed by atoms with Gasteiger partial charge < -0.3 is 10.2 Å². The number of pyridine rings is 1. The largest absolute Gasteiger partial charge is 0.357 e. The lowest BCUT2D eigenvalue weighted by Gasteiger charge is -2.27. The summed E-state index contributed by atoms with van der Waals surface area (Å²) in [5.41, 5.74) is 3.65. The molecule has 0 spiro atoms. The molecule has 1 saturated heterocycles. The van der Waals surface area contributed by atoms with Crippen LogP contribution in [0.15, 0.2) is 36.4 Å². The van der Waals surface area contributed by atoms with Gasteiger partial charge in [-0.15, -0.1) is 0 Å². The van der Waals surface area contributed by atoms with Crippen molar-refractivity contribution in [3.63, 3.8) is 0 Å². The lowest BCUT2D eigenvalue weighted by Crippen LogP contribution is -2.30. The Morgan fingerprint density at radius 2 is 1.83 bits per heavy atom. The highest BCUT2D eigenvalue weighted by Crippen LogP contribution is 2.19. The van der Waals surface area contributed by atoms with Gasteiger partial charge in [-0.25, -0.2) is 4.98 Å². The van der Waals surface area contributed by atoms with Crippen molar-refractivity contribution in [1.29, 1.82) is 0 Å². The fourth-order valence-electron chi connectivity index (χ4n) is 2.86. The summed E-state index contributed by atoms with van der Waals surface area (Å²) < 4.78 is 0. The van der Waals surface area contributed by atoms with Gasteiger partial charge in [0.25, 0.3) is 5.91 Å². The molecule has 1 aliphatic rings. The maximum Gasteiger partial charge on any atom is 0.274 e. The highest BCUT2D eigenvalue weighted by atomic mass is 16.1. The van der Waals surface area contributed by atoms with Crippen molar-refractivity contribution < 1.29 is 4.79 Å². The molecule has 4 nitrogen and oxygen atoms in total. The number of amides is 1. The van der Waals surface area contributed by atoms with E-state index in [4.69, 9.17) is 0 Å². The summed E-state index contributed by atoms with van der Waals surface area (Å²) in [6, 6.07) is 11.6. The number of carbonyl (C=O) groups excluding carboxylic acids is 1. The molecule has 0 atom stereocenters. The maximum atomic E-state index is 12.5. The first-order chi connectivity index (χ1) is 11.1. The summed E-state index contributed by atoms with van der Waals surface area (Å²) >= 11 is 0. The van der Waals surface area contributed by atoms with Crippen LogP contribution in [0.4, 0.5) is 11.5 Å². The van der Waals surface area contributed by atoms with Crippen molar-refractivity contribution in [2.75, 3.05) is 23.3 Å². The first-order valence-corrected chi connectivity index (χ1v) is 8.24. The second-order valence-electron chi connectivity index (χ2n) is 6.18. The number of benzene rings is 1. The van der Waals surface area contributed by atoms with E-state index in [1.807, 2.05) is 37.3 Å². The summed E-state index contributed by atoms with van der Waals surface area (Å²) in [6.07, 6.45) is 3.67. The van der Waals surface area contributed by atoms with Crippen molar-refractivity contribution in [3.05, 3.63) is 53.2 Å². The Labute approximate surface area is 137 Å². The molecule has 2 aromatic rings. The van der Waals surface area contributed by atoms with E-state index in [1.165, 1.54) is 24.8 Å². The van der Waals surface area contributed by atoms with Crippen LogP contribution in [0.1, 0.15) is 40.9 Å². The third-order valence-electron chi connectivity index (χ3n) is 4.41. The van der Waals surface area contributed by atoms with E-state index in [0.29, 0.717) is 5.69 Å². The summed E-state index contributed by atoms with van der Waals surface area (Å²) in [6.45, 7) is 6.15. The zero-order chi connectivity index (χ0) is 16.2. The summed E-state index contributed by atoms with van der Waals surface area (Å²) in [4.78, 5) is 19.3. The first-order valence-electron chi connectivity index (χ1n) is 8.24. The molecule has 1 aromatic carbocycles. The number of hydrogen-bond donors (Lipinski definition) is 1. The second-order valence-corrected chi connectivity index (χ2v) is 6.18. The molecule has 1 fully saturated rings. The van der Waals surface area contributed by atoms with Crippen LogP contribution in [0.25, 0.3) is 0 Å². The van der Waals surface area contributed by atoms with Crippen LogP contribution < -0.4 is 10.2 Å². The zero-order valence-corrected chi connectivity index (χ0v) is 13.8. The Hall–Kier alpha value is -2.36. The topological polar surface area (TPSA) is 45.2 Å². The predicted molar refractivity (Wildman–Crippen MR) is 94.2 cm³/mol. The summed E-state index contributed by atoms with van der Waals surface area (Å²) in [5.74, 6) is 0.740. The lowest BCUT2D eigenvalue weighted by molar-refractivity contribution is 0.102. The van der Waals surface area contributed by atoms with Crippen LogP contribution in [0.5, 0.6) is 0 Å². The van der Waals surface area contributed by atoms with E-state index in [1.54, 1.807) is 6.07 Å². The van der Waals surface area contributed by atoms with Crippen LogP contribution >= 0.6 is 0 Å². The lowest BCUT2D eigenvalue weighted by atomic mass is 10.1. The van der Waals surface area contributed by atoms with E-state index in [2.05, 4.69) is 22.1 Å². The average molecular weight is 309 g/mol. The molecule has 2 heterocycles. The van der Waals surface area contributed by atoms with Crippen molar-refractivity contribution in [2.24, 2.45) is 0 Å². The third-order valence-corrected chi connectivity index (χ3v) is 4.41. The molecule has 1 aliphatic heterocycles. The second kappa shape index (κ2) is 6.82. The predicted octanol–water partition coefficient (Wildman–Crippen LogP) is 3.94. The molecule has 1 amide bonds. The van der Waals surface area contributed by atoms with Crippen LogP contribution in [0.2, 0.25) is 0 Å². The van der Waals surface area contributed by atoms with Gasteiger partial charge in [0, 0.05) is 18.8 Å². The summed E-state index contributed by atoms with van der Waals surface area (Å²) in [7, 11) is 0. The molecule has 4 heteroatoms. The Balaban J connectivity index is 1.75. The van der Waals surface area contributed by atoms with Gasteiger partial charge in [-0.3, -0.25) is 4.79 Å².